The molecule has 0 amide bonds. The second kappa shape index (κ2) is 6.74. The van der Waals surface area contributed by atoms with Crippen molar-refractivity contribution >= 4 is 17.3 Å². The molecule has 1 aromatic carbocycles. The van der Waals surface area contributed by atoms with Gasteiger partial charge in [0.15, 0.2) is 0 Å². The lowest BCUT2D eigenvalue weighted by Crippen LogP contribution is -2.24. The molecule has 1 aromatic rings. The third-order valence-electron chi connectivity index (χ3n) is 2.55. The standard InChI is InChI=1S/C12H19ClN2O/c1-2-15(6-3-7-16)9-10-4-5-11(13)12(14)8-10/h4-5,8,16H,2-3,6-7,9,14H2,1H3. The van der Waals surface area contributed by atoms with Crippen LogP contribution in [0.4, 0.5) is 5.69 Å². The van der Waals surface area contributed by atoms with Gasteiger partial charge in [-0.1, -0.05) is 24.6 Å². The number of aliphatic hydroxyl groups excluding tert-OH is 1. The van der Waals surface area contributed by atoms with Gasteiger partial charge in [0, 0.05) is 19.7 Å². The Morgan fingerprint density at radius 2 is 2.19 bits per heavy atom. The Balaban J connectivity index is 2.59. The molecule has 0 aromatic heterocycles. The highest BCUT2D eigenvalue weighted by Crippen LogP contribution is 2.20. The fourth-order valence-electron chi connectivity index (χ4n) is 1.59. The molecule has 0 saturated heterocycles. The topological polar surface area (TPSA) is 49.5 Å². The smallest absolute Gasteiger partial charge is 0.0635 e. The zero-order valence-corrected chi connectivity index (χ0v) is 10.4. The van der Waals surface area contributed by atoms with Crippen LogP contribution in [0.1, 0.15) is 18.9 Å². The summed E-state index contributed by atoms with van der Waals surface area (Å²) in [7, 11) is 0. The molecule has 1 rings (SSSR count). The van der Waals surface area contributed by atoms with Gasteiger partial charge >= 0.3 is 0 Å². The van der Waals surface area contributed by atoms with Crippen molar-refractivity contribution < 1.29 is 5.11 Å². The zero-order valence-electron chi connectivity index (χ0n) is 9.62. The van der Waals surface area contributed by atoms with Crippen molar-refractivity contribution in [2.75, 3.05) is 25.4 Å². The molecule has 0 aliphatic heterocycles. The minimum absolute atomic E-state index is 0.235. The Labute approximate surface area is 102 Å². The first kappa shape index (κ1) is 13.3. The van der Waals surface area contributed by atoms with E-state index in [1.165, 1.54) is 0 Å². The van der Waals surface area contributed by atoms with Gasteiger partial charge in [-0.3, -0.25) is 4.90 Å². The molecule has 0 unspecified atom stereocenters. The lowest BCUT2D eigenvalue weighted by atomic mass is 10.2. The number of nitrogens with zero attached hydrogens (tertiary/aromatic N) is 1. The summed E-state index contributed by atoms with van der Waals surface area (Å²) in [6.45, 7) is 5.05. The maximum Gasteiger partial charge on any atom is 0.0635 e. The average Bonchev–Trinajstić information content (AvgIpc) is 2.29. The number of benzene rings is 1. The summed E-state index contributed by atoms with van der Waals surface area (Å²) >= 11 is 5.86. The van der Waals surface area contributed by atoms with Crippen molar-refractivity contribution in [1.82, 2.24) is 4.90 Å². The highest BCUT2D eigenvalue weighted by molar-refractivity contribution is 6.33. The summed E-state index contributed by atoms with van der Waals surface area (Å²) in [6.07, 6.45) is 0.802. The quantitative estimate of drug-likeness (QED) is 0.752. The molecular weight excluding hydrogens is 224 g/mol. The number of aliphatic hydroxyl groups is 1. The molecule has 0 saturated carbocycles. The summed E-state index contributed by atoms with van der Waals surface area (Å²) in [4.78, 5) is 2.26. The number of rotatable bonds is 6. The van der Waals surface area contributed by atoms with Crippen LogP contribution in [0.15, 0.2) is 18.2 Å². The Morgan fingerprint density at radius 3 is 2.75 bits per heavy atom. The van der Waals surface area contributed by atoms with Crippen LogP contribution in [-0.4, -0.2) is 29.7 Å². The molecule has 90 valence electrons. The molecule has 0 aliphatic carbocycles. The van der Waals surface area contributed by atoms with Crippen molar-refractivity contribution in [2.24, 2.45) is 0 Å². The predicted molar refractivity (Wildman–Crippen MR) is 68.5 cm³/mol. The van der Waals surface area contributed by atoms with Crippen LogP contribution in [0.2, 0.25) is 5.02 Å². The molecule has 0 heterocycles. The lowest BCUT2D eigenvalue weighted by Gasteiger charge is -2.20. The van der Waals surface area contributed by atoms with E-state index in [9.17, 15) is 0 Å². The van der Waals surface area contributed by atoms with Gasteiger partial charge in [-0.25, -0.2) is 0 Å². The van der Waals surface area contributed by atoms with E-state index in [2.05, 4.69) is 11.8 Å². The summed E-state index contributed by atoms with van der Waals surface area (Å²) in [5, 5.41) is 9.39. The minimum Gasteiger partial charge on any atom is -0.398 e. The van der Waals surface area contributed by atoms with E-state index < -0.39 is 0 Å². The highest BCUT2D eigenvalue weighted by Gasteiger charge is 2.04. The third-order valence-corrected chi connectivity index (χ3v) is 2.89. The number of halogens is 1. The molecule has 0 bridgehead atoms. The monoisotopic (exact) mass is 242 g/mol. The molecule has 0 fully saturated rings. The predicted octanol–water partition coefficient (Wildman–Crippen LogP) is 2.13. The lowest BCUT2D eigenvalue weighted by molar-refractivity contribution is 0.225. The molecule has 16 heavy (non-hydrogen) atoms. The van der Waals surface area contributed by atoms with Crippen LogP contribution in [0, 0.1) is 0 Å². The van der Waals surface area contributed by atoms with Gasteiger partial charge in [0.1, 0.15) is 0 Å². The largest absolute Gasteiger partial charge is 0.398 e. The first-order valence-corrected chi connectivity index (χ1v) is 5.92. The Morgan fingerprint density at radius 1 is 1.44 bits per heavy atom. The average molecular weight is 243 g/mol. The van der Waals surface area contributed by atoms with Gasteiger partial charge in [0.2, 0.25) is 0 Å². The number of nitrogens with two attached hydrogens (primary N) is 1. The van der Waals surface area contributed by atoms with Crippen LogP contribution in [0.25, 0.3) is 0 Å². The van der Waals surface area contributed by atoms with Crippen molar-refractivity contribution in [1.29, 1.82) is 0 Å². The van der Waals surface area contributed by atoms with Gasteiger partial charge < -0.3 is 10.8 Å². The summed E-state index contributed by atoms with van der Waals surface area (Å²) in [5.74, 6) is 0. The molecule has 0 aliphatic rings. The maximum absolute atomic E-state index is 8.79. The van der Waals surface area contributed by atoms with Gasteiger partial charge in [-0.15, -0.1) is 0 Å². The van der Waals surface area contributed by atoms with Crippen molar-refractivity contribution in [3.8, 4) is 0 Å². The maximum atomic E-state index is 8.79. The van der Waals surface area contributed by atoms with Crippen LogP contribution in [-0.2, 0) is 6.54 Å². The molecule has 0 spiro atoms. The molecule has 4 heteroatoms. The Hall–Kier alpha value is -0.770. The van der Waals surface area contributed by atoms with Gasteiger partial charge in [-0.2, -0.15) is 0 Å². The Bertz CT molecular complexity index is 331. The van der Waals surface area contributed by atoms with Crippen LogP contribution in [0.5, 0.6) is 0 Å². The van der Waals surface area contributed by atoms with E-state index >= 15 is 0 Å². The van der Waals surface area contributed by atoms with E-state index in [-0.39, 0.29) is 6.61 Å². The number of nitrogen functional groups attached to an aromatic ring is 1. The first-order chi connectivity index (χ1) is 7.67. The van der Waals surface area contributed by atoms with Crippen LogP contribution in [0.3, 0.4) is 0 Å². The van der Waals surface area contributed by atoms with Gasteiger partial charge in [0.25, 0.3) is 0 Å². The normalized spacial score (nSPS) is 11.0. The van der Waals surface area contributed by atoms with E-state index in [0.29, 0.717) is 10.7 Å². The van der Waals surface area contributed by atoms with Crippen LogP contribution >= 0.6 is 11.6 Å². The van der Waals surface area contributed by atoms with Crippen molar-refractivity contribution in [3.05, 3.63) is 28.8 Å². The molecule has 3 nitrogen and oxygen atoms in total. The fourth-order valence-corrected chi connectivity index (χ4v) is 1.71. The second-order valence-electron chi connectivity index (χ2n) is 3.80. The zero-order chi connectivity index (χ0) is 12.0. The van der Waals surface area contributed by atoms with Gasteiger partial charge in [0.05, 0.1) is 10.7 Å². The first-order valence-electron chi connectivity index (χ1n) is 5.54. The molecule has 0 atom stereocenters. The molecule has 3 N–H and O–H groups in total. The van der Waals surface area contributed by atoms with E-state index in [4.69, 9.17) is 22.4 Å². The second-order valence-corrected chi connectivity index (χ2v) is 4.21. The third kappa shape index (κ3) is 4.00. The van der Waals surface area contributed by atoms with E-state index in [0.717, 1.165) is 31.6 Å². The van der Waals surface area contributed by atoms with E-state index in [1.807, 2.05) is 18.2 Å². The Kier molecular flexibility index (Phi) is 5.60. The molecule has 0 radical (unpaired) electrons. The van der Waals surface area contributed by atoms with E-state index in [1.54, 1.807) is 0 Å². The fraction of sp³-hybridized carbons (Fsp3) is 0.500. The van der Waals surface area contributed by atoms with Crippen LogP contribution < -0.4 is 5.73 Å². The van der Waals surface area contributed by atoms with Gasteiger partial charge in [-0.05, 0) is 30.7 Å². The summed E-state index contributed by atoms with van der Waals surface area (Å²) in [5.41, 5.74) is 7.52. The number of hydrogen-bond donors (Lipinski definition) is 2. The number of anilines is 1. The van der Waals surface area contributed by atoms with Crippen molar-refractivity contribution in [2.45, 2.75) is 19.9 Å². The number of hydrogen-bond acceptors (Lipinski definition) is 3. The minimum atomic E-state index is 0.235. The molecular formula is C12H19ClN2O. The van der Waals surface area contributed by atoms with Crippen molar-refractivity contribution in [3.63, 3.8) is 0 Å². The summed E-state index contributed by atoms with van der Waals surface area (Å²) < 4.78 is 0. The summed E-state index contributed by atoms with van der Waals surface area (Å²) in [6, 6.07) is 5.72. The highest BCUT2D eigenvalue weighted by atomic mass is 35.5. The SMILES string of the molecule is CCN(CCCO)Cc1ccc(Cl)c(N)c1.